The summed E-state index contributed by atoms with van der Waals surface area (Å²) in [5.41, 5.74) is 0.397. The highest BCUT2D eigenvalue weighted by molar-refractivity contribution is 5.94. The summed E-state index contributed by atoms with van der Waals surface area (Å²) >= 11 is 0. The molecule has 0 N–H and O–H groups in total. The minimum atomic E-state index is -0.382. The maximum atomic E-state index is 13.0. The molecule has 0 unspecified atom stereocenters. The molecule has 86 valence electrons. The minimum absolute atomic E-state index is 0.0475. The molecule has 0 aliphatic carbocycles. The van der Waals surface area contributed by atoms with Gasteiger partial charge >= 0.3 is 0 Å². The quantitative estimate of drug-likeness (QED) is 0.725. The average molecular weight is 223 g/mol. The van der Waals surface area contributed by atoms with E-state index in [-0.39, 0.29) is 17.8 Å². The second-order valence-corrected chi connectivity index (χ2v) is 3.94. The normalized spacial score (nSPS) is 20.9. The van der Waals surface area contributed by atoms with Crippen LogP contribution in [0.25, 0.3) is 0 Å². The van der Waals surface area contributed by atoms with Crippen molar-refractivity contribution < 1.29 is 13.9 Å². The minimum Gasteiger partial charge on any atom is -0.375 e. The second-order valence-electron chi connectivity index (χ2n) is 3.94. The second kappa shape index (κ2) is 4.61. The third kappa shape index (κ3) is 2.39. The van der Waals surface area contributed by atoms with Gasteiger partial charge < -0.3 is 9.64 Å². The first-order valence-electron chi connectivity index (χ1n) is 5.33. The lowest BCUT2D eigenvalue weighted by Crippen LogP contribution is -2.44. The Bertz CT molecular complexity index is 394. The third-order valence-corrected chi connectivity index (χ3v) is 2.60. The molecule has 0 radical (unpaired) electrons. The zero-order chi connectivity index (χ0) is 11.5. The molecule has 0 aromatic heterocycles. The van der Waals surface area contributed by atoms with Crippen LogP contribution < -0.4 is 0 Å². The number of rotatable bonds is 1. The number of hydrogen-bond acceptors (Lipinski definition) is 2. The van der Waals surface area contributed by atoms with E-state index in [0.29, 0.717) is 25.3 Å². The van der Waals surface area contributed by atoms with Crippen molar-refractivity contribution in [2.75, 3.05) is 19.7 Å². The highest BCUT2D eigenvalue weighted by atomic mass is 19.1. The lowest BCUT2D eigenvalue weighted by atomic mass is 10.1. The van der Waals surface area contributed by atoms with E-state index in [1.165, 1.54) is 12.1 Å². The number of carbonyl (C=O) groups excluding carboxylic acids is 1. The Balaban J connectivity index is 2.12. The SMILES string of the molecule is C[C@@H]1CN(C(=O)c2cccc(F)c2)CCO1. The Hall–Kier alpha value is -1.42. The zero-order valence-corrected chi connectivity index (χ0v) is 9.15. The first-order valence-corrected chi connectivity index (χ1v) is 5.33. The average Bonchev–Trinajstić information content (AvgIpc) is 2.28. The van der Waals surface area contributed by atoms with E-state index in [1.807, 2.05) is 6.92 Å². The van der Waals surface area contributed by atoms with E-state index >= 15 is 0 Å². The standard InChI is InChI=1S/C12H14FNO2/c1-9-8-14(5-6-16-9)12(15)10-3-2-4-11(13)7-10/h2-4,7,9H,5-6,8H2,1H3/t9-/m1/s1. The van der Waals surface area contributed by atoms with Gasteiger partial charge in [-0.2, -0.15) is 0 Å². The Morgan fingerprint density at radius 1 is 1.56 bits per heavy atom. The van der Waals surface area contributed by atoms with Crippen molar-refractivity contribution in [3.05, 3.63) is 35.6 Å². The molecule has 0 spiro atoms. The van der Waals surface area contributed by atoms with Crippen molar-refractivity contribution >= 4 is 5.91 Å². The maximum Gasteiger partial charge on any atom is 0.254 e. The summed E-state index contributed by atoms with van der Waals surface area (Å²) in [6.45, 7) is 3.60. The lowest BCUT2D eigenvalue weighted by molar-refractivity contribution is -0.0124. The zero-order valence-electron chi connectivity index (χ0n) is 9.15. The summed E-state index contributed by atoms with van der Waals surface area (Å²) in [6, 6.07) is 5.78. The number of amides is 1. The van der Waals surface area contributed by atoms with Crippen molar-refractivity contribution in [2.45, 2.75) is 13.0 Å². The molecule has 2 rings (SSSR count). The molecule has 1 fully saturated rings. The number of hydrogen-bond donors (Lipinski definition) is 0. The van der Waals surface area contributed by atoms with Gasteiger partial charge in [-0.05, 0) is 25.1 Å². The molecule has 1 atom stereocenters. The molecule has 1 heterocycles. The summed E-state index contributed by atoms with van der Waals surface area (Å²) in [5.74, 6) is -0.512. The predicted molar refractivity (Wildman–Crippen MR) is 57.7 cm³/mol. The van der Waals surface area contributed by atoms with E-state index in [4.69, 9.17) is 4.74 Å². The van der Waals surface area contributed by atoms with Crippen LogP contribution in [-0.4, -0.2) is 36.6 Å². The lowest BCUT2D eigenvalue weighted by Gasteiger charge is -2.31. The Labute approximate surface area is 93.8 Å². The summed E-state index contributed by atoms with van der Waals surface area (Å²) < 4.78 is 18.3. The molecule has 1 aliphatic rings. The molecule has 1 saturated heterocycles. The fraction of sp³-hybridized carbons (Fsp3) is 0.417. The molecule has 16 heavy (non-hydrogen) atoms. The first kappa shape index (κ1) is 11.1. The molecule has 4 heteroatoms. The third-order valence-electron chi connectivity index (χ3n) is 2.60. The van der Waals surface area contributed by atoms with Crippen molar-refractivity contribution in [1.29, 1.82) is 0 Å². The van der Waals surface area contributed by atoms with Crippen molar-refractivity contribution in [2.24, 2.45) is 0 Å². The number of halogens is 1. The fourth-order valence-corrected chi connectivity index (χ4v) is 1.81. The first-order chi connectivity index (χ1) is 7.66. The number of nitrogens with zero attached hydrogens (tertiary/aromatic N) is 1. The highest BCUT2D eigenvalue weighted by Crippen LogP contribution is 2.11. The molecule has 3 nitrogen and oxygen atoms in total. The van der Waals surface area contributed by atoms with Gasteiger partial charge in [-0.25, -0.2) is 4.39 Å². The van der Waals surface area contributed by atoms with Crippen LogP contribution in [0, 0.1) is 5.82 Å². The van der Waals surface area contributed by atoms with Crippen molar-refractivity contribution in [1.82, 2.24) is 4.90 Å². The van der Waals surface area contributed by atoms with Gasteiger partial charge in [0, 0.05) is 18.7 Å². The van der Waals surface area contributed by atoms with Crippen molar-refractivity contribution in [3.63, 3.8) is 0 Å². The van der Waals surface area contributed by atoms with Gasteiger partial charge in [0.15, 0.2) is 0 Å². The van der Waals surface area contributed by atoms with Crippen molar-refractivity contribution in [3.8, 4) is 0 Å². The fourth-order valence-electron chi connectivity index (χ4n) is 1.81. The van der Waals surface area contributed by atoms with Crippen LogP contribution in [0.1, 0.15) is 17.3 Å². The van der Waals surface area contributed by atoms with Crippen LogP contribution >= 0.6 is 0 Å². The smallest absolute Gasteiger partial charge is 0.254 e. The van der Waals surface area contributed by atoms with Crippen LogP contribution in [0.5, 0.6) is 0 Å². The van der Waals surface area contributed by atoms with Gasteiger partial charge in [-0.1, -0.05) is 6.07 Å². The summed E-state index contributed by atoms with van der Waals surface area (Å²) in [4.78, 5) is 13.7. The van der Waals surface area contributed by atoms with Gasteiger partial charge in [0.25, 0.3) is 5.91 Å². The molecule has 1 aliphatic heterocycles. The van der Waals surface area contributed by atoms with E-state index in [9.17, 15) is 9.18 Å². The molecular weight excluding hydrogens is 209 g/mol. The van der Waals surface area contributed by atoms with Gasteiger partial charge in [-0.15, -0.1) is 0 Å². The predicted octanol–water partition coefficient (Wildman–Crippen LogP) is 1.69. The Morgan fingerprint density at radius 3 is 3.06 bits per heavy atom. The molecule has 0 saturated carbocycles. The van der Waals surface area contributed by atoms with Gasteiger partial charge in [0.1, 0.15) is 5.82 Å². The topological polar surface area (TPSA) is 29.5 Å². The van der Waals surface area contributed by atoms with Crippen LogP contribution in [0.2, 0.25) is 0 Å². The van der Waals surface area contributed by atoms with E-state index in [2.05, 4.69) is 0 Å². The van der Waals surface area contributed by atoms with Crippen LogP contribution in [0.3, 0.4) is 0 Å². The highest BCUT2D eigenvalue weighted by Gasteiger charge is 2.22. The Morgan fingerprint density at radius 2 is 2.38 bits per heavy atom. The molecule has 1 amide bonds. The number of benzene rings is 1. The number of ether oxygens (including phenoxy) is 1. The summed E-state index contributed by atoms with van der Waals surface area (Å²) in [7, 11) is 0. The van der Waals surface area contributed by atoms with Gasteiger partial charge in [0.2, 0.25) is 0 Å². The largest absolute Gasteiger partial charge is 0.375 e. The van der Waals surface area contributed by atoms with Gasteiger partial charge in [-0.3, -0.25) is 4.79 Å². The molecular formula is C12H14FNO2. The van der Waals surface area contributed by atoms with Gasteiger partial charge in [0.05, 0.1) is 12.7 Å². The molecule has 0 bridgehead atoms. The number of carbonyl (C=O) groups is 1. The van der Waals surface area contributed by atoms with E-state index in [0.717, 1.165) is 0 Å². The van der Waals surface area contributed by atoms with E-state index in [1.54, 1.807) is 17.0 Å². The monoisotopic (exact) mass is 223 g/mol. The number of morpholine rings is 1. The van der Waals surface area contributed by atoms with Crippen LogP contribution in [-0.2, 0) is 4.74 Å². The van der Waals surface area contributed by atoms with Crippen LogP contribution in [0.4, 0.5) is 4.39 Å². The van der Waals surface area contributed by atoms with E-state index < -0.39 is 0 Å². The summed E-state index contributed by atoms with van der Waals surface area (Å²) in [6.07, 6.45) is 0.0475. The molecule has 1 aromatic rings. The maximum absolute atomic E-state index is 13.0. The summed E-state index contributed by atoms with van der Waals surface area (Å²) in [5, 5.41) is 0. The van der Waals surface area contributed by atoms with Crippen LogP contribution in [0.15, 0.2) is 24.3 Å². The Kier molecular flexibility index (Phi) is 3.19. The molecule has 1 aromatic carbocycles.